The molecule has 2 heteroatoms. The SMILES string of the molecule is CCC1(CC)CCN(C2CCCNCC2)CC1. The van der Waals surface area contributed by atoms with Crippen LogP contribution in [0.15, 0.2) is 0 Å². The molecule has 1 N–H and O–H groups in total. The summed E-state index contributed by atoms with van der Waals surface area (Å²) in [5.41, 5.74) is 0.680. The molecule has 2 heterocycles. The Kier molecular flexibility index (Phi) is 4.87. The zero-order chi connectivity index (χ0) is 12.1. The highest BCUT2D eigenvalue weighted by molar-refractivity contribution is 4.87. The van der Waals surface area contributed by atoms with Gasteiger partial charge >= 0.3 is 0 Å². The normalized spacial score (nSPS) is 31.1. The second kappa shape index (κ2) is 6.19. The van der Waals surface area contributed by atoms with Crippen molar-refractivity contribution < 1.29 is 0 Å². The second-order valence-electron chi connectivity index (χ2n) is 6.08. The van der Waals surface area contributed by atoms with E-state index < -0.39 is 0 Å². The highest BCUT2D eigenvalue weighted by Gasteiger charge is 2.33. The van der Waals surface area contributed by atoms with Crippen molar-refractivity contribution in [2.75, 3.05) is 26.2 Å². The van der Waals surface area contributed by atoms with Gasteiger partial charge < -0.3 is 10.2 Å². The third-order valence-electron chi connectivity index (χ3n) is 5.42. The van der Waals surface area contributed by atoms with E-state index in [-0.39, 0.29) is 0 Å². The Morgan fingerprint density at radius 3 is 2.41 bits per heavy atom. The van der Waals surface area contributed by atoms with Crippen molar-refractivity contribution in [3.05, 3.63) is 0 Å². The van der Waals surface area contributed by atoms with Crippen molar-refractivity contribution in [2.45, 2.75) is 64.8 Å². The van der Waals surface area contributed by atoms with Crippen molar-refractivity contribution in [1.82, 2.24) is 10.2 Å². The van der Waals surface area contributed by atoms with Gasteiger partial charge in [-0.2, -0.15) is 0 Å². The predicted octanol–water partition coefficient (Wildman–Crippen LogP) is 3.03. The third-order valence-corrected chi connectivity index (χ3v) is 5.42. The minimum Gasteiger partial charge on any atom is -0.317 e. The highest BCUT2D eigenvalue weighted by atomic mass is 15.2. The largest absolute Gasteiger partial charge is 0.317 e. The van der Waals surface area contributed by atoms with Gasteiger partial charge in [-0.1, -0.05) is 26.7 Å². The molecular formula is C15H30N2. The van der Waals surface area contributed by atoms with Crippen LogP contribution in [0, 0.1) is 5.41 Å². The zero-order valence-corrected chi connectivity index (χ0v) is 11.8. The lowest BCUT2D eigenvalue weighted by Crippen LogP contribution is -2.45. The zero-order valence-electron chi connectivity index (χ0n) is 11.8. The summed E-state index contributed by atoms with van der Waals surface area (Å²) in [5, 5.41) is 3.53. The van der Waals surface area contributed by atoms with E-state index in [1.54, 1.807) is 0 Å². The molecule has 0 saturated carbocycles. The Balaban J connectivity index is 1.85. The molecule has 0 aromatic carbocycles. The first-order valence-electron chi connectivity index (χ1n) is 7.74. The van der Waals surface area contributed by atoms with Crippen LogP contribution in [-0.2, 0) is 0 Å². The van der Waals surface area contributed by atoms with Crippen LogP contribution in [-0.4, -0.2) is 37.1 Å². The fraction of sp³-hybridized carbons (Fsp3) is 1.00. The molecule has 0 radical (unpaired) electrons. The maximum atomic E-state index is 3.53. The molecule has 2 rings (SSSR count). The molecule has 2 aliphatic rings. The number of rotatable bonds is 3. The maximum absolute atomic E-state index is 3.53. The molecule has 1 atom stereocenters. The summed E-state index contributed by atoms with van der Waals surface area (Å²) in [7, 11) is 0. The fourth-order valence-corrected chi connectivity index (χ4v) is 3.69. The molecule has 2 fully saturated rings. The average Bonchev–Trinajstić information content (AvgIpc) is 2.68. The lowest BCUT2D eigenvalue weighted by Gasteiger charge is -2.44. The van der Waals surface area contributed by atoms with Gasteiger partial charge in [0.25, 0.3) is 0 Å². The second-order valence-corrected chi connectivity index (χ2v) is 6.08. The molecule has 2 nitrogen and oxygen atoms in total. The summed E-state index contributed by atoms with van der Waals surface area (Å²) in [4.78, 5) is 2.79. The van der Waals surface area contributed by atoms with Gasteiger partial charge in [-0.25, -0.2) is 0 Å². The van der Waals surface area contributed by atoms with Gasteiger partial charge in [0.1, 0.15) is 0 Å². The number of hydrogen-bond donors (Lipinski definition) is 1. The summed E-state index contributed by atoms with van der Waals surface area (Å²) < 4.78 is 0. The number of piperidine rings is 1. The van der Waals surface area contributed by atoms with Gasteiger partial charge in [0.15, 0.2) is 0 Å². The van der Waals surface area contributed by atoms with Gasteiger partial charge in [-0.15, -0.1) is 0 Å². The van der Waals surface area contributed by atoms with Crippen LogP contribution in [0.4, 0.5) is 0 Å². The van der Waals surface area contributed by atoms with Crippen LogP contribution in [0.5, 0.6) is 0 Å². The van der Waals surface area contributed by atoms with Crippen LogP contribution in [0.2, 0.25) is 0 Å². The van der Waals surface area contributed by atoms with Crippen LogP contribution in [0.3, 0.4) is 0 Å². The molecule has 0 aliphatic carbocycles. The molecule has 2 aliphatic heterocycles. The Bertz CT molecular complexity index is 205. The van der Waals surface area contributed by atoms with Gasteiger partial charge in [0.05, 0.1) is 0 Å². The topological polar surface area (TPSA) is 15.3 Å². The fourth-order valence-electron chi connectivity index (χ4n) is 3.69. The summed E-state index contributed by atoms with van der Waals surface area (Å²) in [6.45, 7) is 9.94. The van der Waals surface area contributed by atoms with E-state index in [0.717, 1.165) is 6.04 Å². The quantitative estimate of drug-likeness (QED) is 0.813. The number of hydrogen-bond acceptors (Lipinski definition) is 2. The predicted molar refractivity (Wildman–Crippen MR) is 74.3 cm³/mol. The first-order chi connectivity index (χ1) is 8.29. The maximum Gasteiger partial charge on any atom is 0.0108 e. The van der Waals surface area contributed by atoms with E-state index in [4.69, 9.17) is 0 Å². The first kappa shape index (κ1) is 13.4. The number of nitrogens with one attached hydrogen (secondary N) is 1. The number of likely N-dealkylation sites (tertiary alicyclic amines) is 1. The standard InChI is InChI=1S/C15H30N2/c1-3-15(4-2)8-12-17(13-9-15)14-6-5-10-16-11-7-14/h14,16H,3-13H2,1-2H3. The molecule has 0 amide bonds. The molecule has 0 bridgehead atoms. The van der Waals surface area contributed by atoms with Crippen LogP contribution < -0.4 is 5.32 Å². The van der Waals surface area contributed by atoms with E-state index in [1.165, 1.54) is 71.1 Å². The summed E-state index contributed by atoms with van der Waals surface area (Å²) in [6, 6.07) is 0.872. The molecule has 100 valence electrons. The summed E-state index contributed by atoms with van der Waals surface area (Å²) >= 11 is 0. The van der Waals surface area contributed by atoms with Crippen molar-refractivity contribution >= 4 is 0 Å². The lowest BCUT2D eigenvalue weighted by molar-refractivity contribution is 0.0619. The Morgan fingerprint density at radius 2 is 1.76 bits per heavy atom. The van der Waals surface area contributed by atoms with E-state index >= 15 is 0 Å². The molecule has 1 unspecified atom stereocenters. The van der Waals surface area contributed by atoms with Crippen molar-refractivity contribution in [2.24, 2.45) is 5.41 Å². The van der Waals surface area contributed by atoms with Gasteiger partial charge in [-0.05, 0) is 63.7 Å². The first-order valence-corrected chi connectivity index (χ1v) is 7.74. The van der Waals surface area contributed by atoms with E-state index in [1.807, 2.05) is 0 Å². The molecule has 0 aromatic rings. The molecule has 2 saturated heterocycles. The van der Waals surface area contributed by atoms with Crippen LogP contribution >= 0.6 is 0 Å². The molecule has 0 spiro atoms. The Hall–Kier alpha value is -0.0800. The third kappa shape index (κ3) is 3.23. The van der Waals surface area contributed by atoms with Crippen molar-refractivity contribution in [1.29, 1.82) is 0 Å². The molecular weight excluding hydrogens is 208 g/mol. The summed E-state index contributed by atoms with van der Waals surface area (Å²) in [5.74, 6) is 0. The molecule has 0 aromatic heterocycles. The van der Waals surface area contributed by atoms with Crippen LogP contribution in [0.1, 0.15) is 58.8 Å². The van der Waals surface area contributed by atoms with Crippen molar-refractivity contribution in [3.8, 4) is 0 Å². The molecule has 17 heavy (non-hydrogen) atoms. The Morgan fingerprint density at radius 1 is 1.06 bits per heavy atom. The van der Waals surface area contributed by atoms with Gasteiger partial charge in [0, 0.05) is 6.04 Å². The van der Waals surface area contributed by atoms with E-state index in [0.29, 0.717) is 5.41 Å². The van der Waals surface area contributed by atoms with E-state index in [9.17, 15) is 0 Å². The number of nitrogens with zero attached hydrogens (tertiary/aromatic N) is 1. The van der Waals surface area contributed by atoms with Crippen LogP contribution in [0.25, 0.3) is 0 Å². The van der Waals surface area contributed by atoms with Gasteiger partial charge in [-0.3, -0.25) is 0 Å². The average molecular weight is 238 g/mol. The monoisotopic (exact) mass is 238 g/mol. The summed E-state index contributed by atoms with van der Waals surface area (Å²) in [6.07, 6.45) is 9.78. The lowest BCUT2D eigenvalue weighted by atomic mass is 9.74. The smallest absolute Gasteiger partial charge is 0.0108 e. The van der Waals surface area contributed by atoms with E-state index in [2.05, 4.69) is 24.1 Å². The minimum atomic E-state index is 0.680. The van der Waals surface area contributed by atoms with Gasteiger partial charge in [0.2, 0.25) is 0 Å². The minimum absolute atomic E-state index is 0.680. The van der Waals surface area contributed by atoms with Crippen molar-refractivity contribution in [3.63, 3.8) is 0 Å². The highest BCUT2D eigenvalue weighted by Crippen LogP contribution is 2.38. The Labute approximate surface area is 107 Å².